The van der Waals surface area contributed by atoms with Crippen LogP contribution in [0.1, 0.15) is 37.0 Å². The minimum atomic E-state index is -3.66. The second-order valence-corrected chi connectivity index (χ2v) is 9.78. The highest BCUT2D eigenvalue weighted by Gasteiger charge is 2.28. The van der Waals surface area contributed by atoms with E-state index in [1.165, 1.54) is 12.1 Å². The molecule has 2 aromatic carbocycles. The van der Waals surface area contributed by atoms with Crippen LogP contribution in [0.25, 0.3) is 0 Å². The van der Waals surface area contributed by atoms with Crippen molar-refractivity contribution in [2.45, 2.75) is 37.6 Å². The predicted molar refractivity (Wildman–Crippen MR) is 115 cm³/mol. The quantitative estimate of drug-likeness (QED) is 0.562. The lowest BCUT2D eigenvalue weighted by molar-refractivity contribution is -0.118. The molecule has 0 atom stereocenters. The molecule has 0 aromatic heterocycles. The Morgan fingerprint density at radius 1 is 1.00 bits per heavy atom. The monoisotopic (exact) mass is 479 g/mol. The van der Waals surface area contributed by atoms with Gasteiger partial charge in [0.25, 0.3) is 5.91 Å². The van der Waals surface area contributed by atoms with Gasteiger partial charge in [0.1, 0.15) is 0 Å². The van der Waals surface area contributed by atoms with E-state index in [-0.39, 0.29) is 28.3 Å². The standard InChI is InChI=1S/C20H22BrN3O4S/c1-12(2)19(25)22-13-3-5-14(6-4-13)23-20(26)17-11-16(9-10-18(17)21)29(27,28)24-15-7-8-15/h3-6,9-12,15,24H,7-8H2,1-2H3,(H,22,25)(H,23,26). The van der Waals surface area contributed by atoms with E-state index in [0.717, 1.165) is 12.8 Å². The number of nitrogens with one attached hydrogen (secondary N) is 3. The van der Waals surface area contributed by atoms with Crippen LogP contribution in [0.5, 0.6) is 0 Å². The van der Waals surface area contributed by atoms with Crippen LogP contribution in [0.3, 0.4) is 0 Å². The summed E-state index contributed by atoms with van der Waals surface area (Å²) in [5.41, 5.74) is 1.36. The van der Waals surface area contributed by atoms with Gasteiger partial charge in [-0.2, -0.15) is 0 Å². The van der Waals surface area contributed by atoms with Gasteiger partial charge < -0.3 is 10.6 Å². The molecule has 154 valence electrons. The number of sulfonamides is 1. The molecule has 0 spiro atoms. The molecule has 0 unspecified atom stereocenters. The van der Waals surface area contributed by atoms with Gasteiger partial charge >= 0.3 is 0 Å². The lowest BCUT2D eigenvalue weighted by Gasteiger charge is -2.11. The Morgan fingerprint density at radius 3 is 2.14 bits per heavy atom. The number of amides is 2. The second kappa shape index (κ2) is 8.64. The smallest absolute Gasteiger partial charge is 0.256 e. The van der Waals surface area contributed by atoms with Gasteiger partial charge in [0, 0.05) is 27.8 Å². The molecule has 2 aromatic rings. The van der Waals surface area contributed by atoms with Crippen LogP contribution in [-0.2, 0) is 14.8 Å². The summed E-state index contributed by atoms with van der Waals surface area (Å²) in [7, 11) is -3.66. The number of benzene rings is 2. The molecule has 0 saturated heterocycles. The lowest BCUT2D eigenvalue weighted by atomic mass is 10.2. The fraction of sp³-hybridized carbons (Fsp3) is 0.300. The number of carbonyl (C=O) groups is 2. The fourth-order valence-electron chi connectivity index (χ4n) is 2.46. The van der Waals surface area contributed by atoms with Crippen molar-refractivity contribution in [3.05, 3.63) is 52.5 Å². The predicted octanol–water partition coefficient (Wildman–Crippen LogP) is 3.74. The third-order valence-electron chi connectivity index (χ3n) is 4.33. The summed E-state index contributed by atoms with van der Waals surface area (Å²) in [6.45, 7) is 3.60. The summed E-state index contributed by atoms with van der Waals surface area (Å²) in [4.78, 5) is 24.5. The van der Waals surface area contributed by atoms with E-state index in [0.29, 0.717) is 15.8 Å². The summed E-state index contributed by atoms with van der Waals surface area (Å²) in [5, 5.41) is 5.51. The third-order valence-corrected chi connectivity index (χ3v) is 6.54. The number of carbonyl (C=O) groups excluding carboxylic acids is 2. The molecule has 1 aliphatic rings. The van der Waals surface area contributed by atoms with E-state index < -0.39 is 15.9 Å². The van der Waals surface area contributed by atoms with Crippen LogP contribution in [0, 0.1) is 5.92 Å². The minimum Gasteiger partial charge on any atom is -0.326 e. The first-order valence-corrected chi connectivity index (χ1v) is 11.5. The van der Waals surface area contributed by atoms with Crippen LogP contribution in [0.15, 0.2) is 51.8 Å². The van der Waals surface area contributed by atoms with Crippen LogP contribution < -0.4 is 15.4 Å². The maximum absolute atomic E-state index is 12.7. The van der Waals surface area contributed by atoms with Crippen molar-refractivity contribution < 1.29 is 18.0 Å². The number of hydrogen-bond acceptors (Lipinski definition) is 4. The highest BCUT2D eigenvalue weighted by atomic mass is 79.9. The van der Waals surface area contributed by atoms with Gasteiger partial charge in [-0.25, -0.2) is 13.1 Å². The summed E-state index contributed by atoms with van der Waals surface area (Å²) >= 11 is 3.30. The molecule has 7 nitrogen and oxygen atoms in total. The van der Waals surface area contributed by atoms with Gasteiger partial charge in [-0.05, 0) is 71.2 Å². The fourth-order valence-corrected chi connectivity index (χ4v) is 4.21. The second-order valence-electron chi connectivity index (χ2n) is 7.21. The zero-order valence-electron chi connectivity index (χ0n) is 16.0. The average molecular weight is 480 g/mol. The van der Waals surface area contributed by atoms with Crippen LogP contribution in [0.2, 0.25) is 0 Å². The number of rotatable bonds is 7. The Labute approximate surface area is 178 Å². The number of anilines is 2. The van der Waals surface area contributed by atoms with E-state index in [9.17, 15) is 18.0 Å². The van der Waals surface area contributed by atoms with Gasteiger partial charge in [-0.3, -0.25) is 9.59 Å². The molecule has 0 bridgehead atoms. The van der Waals surface area contributed by atoms with Crippen molar-refractivity contribution in [3.8, 4) is 0 Å². The zero-order chi connectivity index (χ0) is 21.2. The van der Waals surface area contributed by atoms with Crippen LogP contribution in [-0.4, -0.2) is 26.3 Å². The van der Waals surface area contributed by atoms with Crippen molar-refractivity contribution in [2.75, 3.05) is 10.6 Å². The highest BCUT2D eigenvalue weighted by molar-refractivity contribution is 9.10. The van der Waals surface area contributed by atoms with Crippen molar-refractivity contribution in [2.24, 2.45) is 5.92 Å². The molecule has 0 aliphatic heterocycles. The van der Waals surface area contributed by atoms with E-state index in [4.69, 9.17) is 0 Å². The summed E-state index contributed by atoms with van der Waals surface area (Å²) in [5.74, 6) is -0.674. The van der Waals surface area contributed by atoms with Gasteiger partial charge in [0.15, 0.2) is 0 Å². The van der Waals surface area contributed by atoms with Crippen molar-refractivity contribution in [3.63, 3.8) is 0 Å². The summed E-state index contributed by atoms with van der Waals surface area (Å²) in [6, 6.07) is 11.0. The van der Waals surface area contributed by atoms with Crippen molar-refractivity contribution >= 4 is 49.1 Å². The van der Waals surface area contributed by atoms with Crippen LogP contribution >= 0.6 is 15.9 Å². The Kier molecular flexibility index (Phi) is 6.40. The molecular weight excluding hydrogens is 458 g/mol. The summed E-state index contributed by atoms with van der Waals surface area (Å²) < 4.78 is 27.9. The molecule has 3 N–H and O–H groups in total. The molecule has 1 fully saturated rings. The van der Waals surface area contributed by atoms with E-state index >= 15 is 0 Å². The zero-order valence-corrected chi connectivity index (χ0v) is 18.4. The molecule has 0 heterocycles. The van der Waals surface area contributed by atoms with E-state index in [1.54, 1.807) is 44.2 Å². The number of halogens is 1. The van der Waals surface area contributed by atoms with Gasteiger partial charge in [-0.15, -0.1) is 0 Å². The van der Waals surface area contributed by atoms with Gasteiger partial charge in [-0.1, -0.05) is 13.8 Å². The average Bonchev–Trinajstić information content (AvgIpc) is 3.46. The maximum Gasteiger partial charge on any atom is 0.256 e. The summed E-state index contributed by atoms with van der Waals surface area (Å²) in [6.07, 6.45) is 1.66. The molecule has 1 aliphatic carbocycles. The van der Waals surface area contributed by atoms with Gasteiger partial charge in [0.05, 0.1) is 10.5 Å². The van der Waals surface area contributed by atoms with E-state index in [2.05, 4.69) is 31.3 Å². The largest absolute Gasteiger partial charge is 0.326 e. The SMILES string of the molecule is CC(C)C(=O)Nc1ccc(NC(=O)c2cc(S(=O)(=O)NC3CC3)ccc2Br)cc1. The molecule has 3 rings (SSSR count). The minimum absolute atomic E-state index is 0.0179. The molecular formula is C20H22BrN3O4S. The Morgan fingerprint density at radius 2 is 1.59 bits per heavy atom. The van der Waals surface area contributed by atoms with E-state index in [1.807, 2.05) is 0 Å². The van der Waals surface area contributed by atoms with Gasteiger partial charge in [0.2, 0.25) is 15.9 Å². The lowest BCUT2D eigenvalue weighted by Crippen LogP contribution is -2.26. The third kappa shape index (κ3) is 5.65. The first kappa shape index (κ1) is 21.5. The Balaban J connectivity index is 1.73. The molecule has 2 amide bonds. The maximum atomic E-state index is 12.7. The van der Waals surface area contributed by atoms with Crippen LogP contribution in [0.4, 0.5) is 11.4 Å². The Bertz CT molecular complexity index is 1030. The molecule has 29 heavy (non-hydrogen) atoms. The Hall–Kier alpha value is -2.23. The first-order valence-electron chi connectivity index (χ1n) is 9.20. The highest BCUT2D eigenvalue weighted by Crippen LogP contribution is 2.26. The molecule has 9 heteroatoms. The normalized spacial score (nSPS) is 13.9. The molecule has 1 saturated carbocycles. The van der Waals surface area contributed by atoms with Crippen molar-refractivity contribution in [1.82, 2.24) is 4.72 Å². The number of hydrogen-bond donors (Lipinski definition) is 3. The first-order chi connectivity index (χ1) is 13.7. The van der Waals surface area contributed by atoms with Crippen molar-refractivity contribution in [1.29, 1.82) is 0 Å². The topological polar surface area (TPSA) is 104 Å². The molecule has 0 radical (unpaired) electrons.